The van der Waals surface area contributed by atoms with Crippen molar-refractivity contribution in [2.24, 2.45) is 23.7 Å². The van der Waals surface area contributed by atoms with E-state index in [0.717, 1.165) is 56.9 Å². The summed E-state index contributed by atoms with van der Waals surface area (Å²) >= 11 is 0. The van der Waals surface area contributed by atoms with Crippen LogP contribution in [0.3, 0.4) is 0 Å². The molecule has 2 N–H and O–H groups in total. The maximum atomic E-state index is 12.5. The molecule has 7 heteroatoms. The van der Waals surface area contributed by atoms with Crippen LogP contribution in [0.15, 0.2) is 18.2 Å². The number of ether oxygens (including phenoxy) is 3. The van der Waals surface area contributed by atoms with E-state index >= 15 is 0 Å². The van der Waals surface area contributed by atoms with E-state index in [1.54, 1.807) is 0 Å². The molecule has 1 aromatic carbocycles. The first-order valence-electron chi connectivity index (χ1n) is 12.4. The van der Waals surface area contributed by atoms with Crippen molar-refractivity contribution >= 4 is 11.9 Å². The Balaban J connectivity index is 1.39. The Morgan fingerprint density at radius 1 is 1.24 bits per heavy atom. The summed E-state index contributed by atoms with van der Waals surface area (Å²) in [7, 11) is 0. The average Bonchev–Trinajstić information content (AvgIpc) is 3.42. The van der Waals surface area contributed by atoms with Gasteiger partial charge in [-0.2, -0.15) is 0 Å². The Labute approximate surface area is 195 Å². The quantitative estimate of drug-likeness (QED) is 0.516. The Morgan fingerprint density at radius 3 is 2.82 bits per heavy atom. The minimum absolute atomic E-state index is 0.110. The molecule has 1 unspecified atom stereocenters. The van der Waals surface area contributed by atoms with Crippen molar-refractivity contribution in [1.82, 2.24) is 0 Å². The summed E-state index contributed by atoms with van der Waals surface area (Å²) in [4.78, 5) is 23.4. The Morgan fingerprint density at radius 2 is 2.09 bits per heavy atom. The molecule has 6 atom stereocenters. The van der Waals surface area contributed by atoms with E-state index in [-0.39, 0.29) is 36.6 Å². The summed E-state index contributed by atoms with van der Waals surface area (Å²) in [6, 6.07) is 5.84. The van der Waals surface area contributed by atoms with Crippen LogP contribution < -0.4 is 4.74 Å². The highest BCUT2D eigenvalue weighted by atomic mass is 16.5. The molecule has 0 radical (unpaired) electrons. The fourth-order valence-electron chi connectivity index (χ4n) is 6.02. The van der Waals surface area contributed by atoms with E-state index in [0.29, 0.717) is 30.8 Å². The molecule has 1 saturated carbocycles. The van der Waals surface area contributed by atoms with Crippen LogP contribution in [-0.2, 0) is 31.9 Å². The Kier molecular flexibility index (Phi) is 7.91. The van der Waals surface area contributed by atoms with Gasteiger partial charge < -0.3 is 24.4 Å². The molecule has 182 valence electrons. The van der Waals surface area contributed by atoms with Crippen molar-refractivity contribution in [3.8, 4) is 5.75 Å². The van der Waals surface area contributed by atoms with Gasteiger partial charge in [0.15, 0.2) is 6.61 Å². The lowest BCUT2D eigenvalue weighted by Crippen LogP contribution is -2.29. The minimum atomic E-state index is -0.986. The highest BCUT2D eigenvalue weighted by molar-refractivity contribution is 5.73. The van der Waals surface area contributed by atoms with Crippen molar-refractivity contribution in [2.75, 3.05) is 19.8 Å². The third-order valence-electron chi connectivity index (χ3n) is 7.68. The normalized spacial score (nSPS) is 29.2. The number of aliphatic carboxylic acids is 1. The third kappa shape index (κ3) is 5.69. The van der Waals surface area contributed by atoms with Gasteiger partial charge in [0, 0.05) is 6.61 Å². The Hall–Kier alpha value is -2.12. The maximum Gasteiger partial charge on any atom is 0.341 e. The monoisotopic (exact) mass is 460 g/mol. The molecule has 2 fully saturated rings. The molecule has 1 aliphatic heterocycles. The molecule has 0 amide bonds. The smallest absolute Gasteiger partial charge is 0.341 e. The largest absolute Gasteiger partial charge is 0.482 e. The number of carboxylic acids is 1. The van der Waals surface area contributed by atoms with Crippen LogP contribution in [0.5, 0.6) is 5.75 Å². The van der Waals surface area contributed by atoms with Gasteiger partial charge in [0.25, 0.3) is 0 Å². The van der Waals surface area contributed by atoms with E-state index < -0.39 is 5.97 Å². The van der Waals surface area contributed by atoms with E-state index in [4.69, 9.17) is 19.3 Å². The number of hydrogen-bond donors (Lipinski definition) is 2. The first kappa shape index (κ1) is 24.0. The topological polar surface area (TPSA) is 102 Å². The van der Waals surface area contributed by atoms with Gasteiger partial charge in [0.2, 0.25) is 0 Å². The minimum Gasteiger partial charge on any atom is -0.482 e. The van der Waals surface area contributed by atoms with Crippen LogP contribution in [0, 0.1) is 23.7 Å². The number of rotatable bonds is 10. The fraction of sp³-hybridized carbons (Fsp3) is 0.692. The molecular weight excluding hydrogens is 424 g/mol. The number of carbonyl (C=O) groups is 2. The van der Waals surface area contributed by atoms with Crippen molar-refractivity contribution in [3.05, 3.63) is 29.3 Å². The number of benzene rings is 1. The van der Waals surface area contributed by atoms with Crippen LogP contribution in [0.25, 0.3) is 0 Å². The van der Waals surface area contributed by atoms with Gasteiger partial charge in [-0.25, -0.2) is 4.79 Å². The number of carboxylic acid groups (broad SMARTS) is 1. The van der Waals surface area contributed by atoms with Gasteiger partial charge in [-0.15, -0.1) is 0 Å². The number of aliphatic hydroxyl groups excluding tert-OH is 1. The zero-order chi connectivity index (χ0) is 23.4. The molecule has 7 nitrogen and oxygen atoms in total. The summed E-state index contributed by atoms with van der Waals surface area (Å²) in [6.45, 7) is 2.84. The first-order valence-corrected chi connectivity index (χ1v) is 12.4. The van der Waals surface area contributed by atoms with E-state index in [1.165, 1.54) is 5.56 Å². The van der Waals surface area contributed by atoms with Gasteiger partial charge in [-0.1, -0.05) is 25.5 Å². The van der Waals surface area contributed by atoms with Crippen molar-refractivity contribution in [1.29, 1.82) is 0 Å². The molecule has 4 rings (SSSR count). The molecule has 0 bridgehead atoms. The lowest BCUT2D eigenvalue weighted by molar-refractivity contribution is -0.155. The molecule has 3 aliphatic rings. The number of fused-ring (bicyclic) bond motifs is 2. The van der Waals surface area contributed by atoms with Crippen LogP contribution in [-0.4, -0.2) is 54.2 Å². The highest BCUT2D eigenvalue weighted by Crippen LogP contribution is 2.48. The number of esters is 1. The molecule has 0 aromatic heterocycles. The van der Waals surface area contributed by atoms with Crippen LogP contribution >= 0.6 is 0 Å². The molecule has 1 saturated heterocycles. The average molecular weight is 461 g/mol. The van der Waals surface area contributed by atoms with Gasteiger partial charge in [0.05, 0.1) is 18.6 Å². The second kappa shape index (κ2) is 10.9. The van der Waals surface area contributed by atoms with Gasteiger partial charge >= 0.3 is 11.9 Å². The standard InChI is InChI=1S/C26H36O7/c1-2-4-19(33-26(30)17-9-10-31-14-17)7-8-20-21-11-16-5-3-6-24(32-15-25(28)29)22(16)12-18(21)13-23(20)27/h3,5-6,17-21,23,27H,2,4,7-15H2,1H3,(H,28,29)/t17?,18-,19-,20+,21-,23+/m0/s1. The zero-order valence-electron chi connectivity index (χ0n) is 19.4. The number of hydrogen-bond acceptors (Lipinski definition) is 6. The van der Waals surface area contributed by atoms with Gasteiger partial charge in [-0.3, -0.25) is 4.79 Å². The van der Waals surface area contributed by atoms with Crippen LogP contribution in [0.4, 0.5) is 0 Å². The van der Waals surface area contributed by atoms with E-state index in [1.807, 2.05) is 12.1 Å². The SMILES string of the molecule is CCC[C@@H](CC[C@@H]1[C@H]2Cc3cccc(OCC(=O)O)c3C[C@H]2C[C@H]1O)OC(=O)C1CCOC1. The summed E-state index contributed by atoms with van der Waals surface area (Å²) in [5.41, 5.74) is 2.28. The second-order valence-corrected chi connectivity index (χ2v) is 9.86. The van der Waals surface area contributed by atoms with Crippen molar-refractivity contribution < 1.29 is 34.0 Å². The third-order valence-corrected chi connectivity index (χ3v) is 7.68. The maximum absolute atomic E-state index is 12.5. The molecule has 2 aliphatic carbocycles. The van der Waals surface area contributed by atoms with Gasteiger partial charge in [-0.05, 0) is 79.9 Å². The number of carbonyl (C=O) groups excluding carboxylic acids is 1. The highest BCUT2D eigenvalue weighted by Gasteiger charge is 2.45. The summed E-state index contributed by atoms with van der Waals surface area (Å²) in [5, 5.41) is 19.9. The lowest BCUT2D eigenvalue weighted by atomic mass is 9.73. The Bertz CT molecular complexity index is 832. The predicted octanol–water partition coefficient (Wildman–Crippen LogP) is 3.39. The fourth-order valence-corrected chi connectivity index (χ4v) is 6.02. The summed E-state index contributed by atoms with van der Waals surface area (Å²) < 4.78 is 16.7. The molecule has 1 heterocycles. The molecule has 1 aromatic rings. The molecule has 33 heavy (non-hydrogen) atoms. The molecule has 0 spiro atoms. The van der Waals surface area contributed by atoms with Gasteiger partial charge in [0.1, 0.15) is 11.9 Å². The van der Waals surface area contributed by atoms with E-state index in [2.05, 4.69) is 13.0 Å². The van der Waals surface area contributed by atoms with Crippen LogP contribution in [0.1, 0.15) is 56.6 Å². The molecular formula is C26H36O7. The predicted molar refractivity (Wildman–Crippen MR) is 121 cm³/mol. The lowest BCUT2D eigenvalue weighted by Gasteiger charge is -2.32. The summed E-state index contributed by atoms with van der Waals surface area (Å²) in [5.74, 6) is 0.296. The second-order valence-electron chi connectivity index (χ2n) is 9.86. The number of aliphatic hydroxyl groups is 1. The first-order chi connectivity index (χ1) is 16.0. The van der Waals surface area contributed by atoms with Crippen LogP contribution in [0.2, 0.25) is 0 Å². The van der Waals surface area contributed by atoms with Crippen molar-refractivity contribution in [3.63, 3.8) is 0 Å². The summed E-state index contributed by atoms with van der Waals surface area (Å²) in [6.07, 6.45) is 6.08. The zero-order valence-corrected chi connectivity index (χ0v) is 19.4. The van der Waals surface area contributed by atoms with E-state index in [9.17, 15) is 14.7 Å². The van der Waals surface area contributed by atoms with Crippen molar-refractivity contribution in [2.45, 2.75) is 70.5 Å².